The number of halogens is 1. The van der Waals surface area contributed by atoms with E-state index in [1.54, 1.807) is 55.6 Å². The van der Waals surface area contributed by atoms with E-state index < -0.39 is 0 Å². The van der Waals surface area contributed by atoms with Crippen molar-refractivity contribution in [2.24, 2.45) is 0 Å². The number of ether oxygens (including phenoxy) is 1. The van der Waals surface area contributed by atoms with Crippen molar-refractivity contribution in [3.63, 3.8) is 0 Å². The third kappa shape index (κ3) is 3.40. The number of aromatic amines is 1. The van der Waals surface area contributed by atoms with Gasteiger partial charge in [-0.1, -0.05) is 13.0 Å². The summed E-state index contributed by atoms with van der Waals surface area (Å²) in [6.07, 6.45) is 0. The molecule has 0 saturated carbocycles. The lowest BCUT2D eigenvalue weighted by Crippen LogP contribution is -2.04. The van der Waals surface area contributed by atoms with Crippen LogP contribution in [0, 0.1) is 5.82 Å². The van der Waals surface area contributed by atoms with Crippen LogP contribution in [-0.2, 0) is 0 Å². The van der Waals surface area contributed by atoms with Gasteiger partial charge in [0.15, 0.2) is 0 Å². The van der Waals surface area contributed by atoms with Crippen LogP contribution >= 0.6 is 0 Å². The second-order valence-electron chi connectivity index (χ2n) is 5.89. The molecule has 0 aliphatic carbocycles. The number of aromatic nitrogens is 1. The van der Waals surface area contributed by atoms with Crippen LogP contribution in [0.2, 0.25) is 0 Å². The smallest absolute Gasteiger partial charge is 0.209 e. The van der Waals surface area contributed by atoms with Gasteiger partial charge in [-0.05, 0) is 54.1 Å². The predicted molar refractivity (Wildman–Crippen MR) is 95.5 cm³/mol. The van der Waals surface area contributed by atoms with Crippen molar-refractivity contribution in [2.45, 2.75) is 12.8 Å². The fourth-order valence-electron chi connectivity index (χ4n) is 2.76. The Morgan fingerprint density at radius 2 is 1.84 bits per heavy atom. The SMILES string of the molecule is COc1ccc(C(=O)c2ccc(C(C)c3ccc(N)cc3F)[nH]2)cc1. The average molecular weight is 338 g/mol. The largest absolute Gasteiger partial charge is 0.497 e. The minimum Gasteiger partial charge on any atom is -0.497 e. The lowest BCUT2D eigenvalue weighted by Gasteiger charge is -2.12. The molecule has 128 valence electrons. The van der Waals surface area contributed by atoms with Crippen molar-refractivity contribution in [1.29, 1.82) is 0 Å². The van der Waals surface area contributed by atoms with E-state index in [2.05, 4.69) is 4.98 Å². The van der Waals surface area contributed by atoms with Gasteiger partial charge in [0.25, 0.3) is 0 Å². The Morgan fingerprint density at radius 3 is 2.48 bits per heavy atom. The third-order valence-corrected chi connectivity index (χ3v) is 4.26. The zero-order valence-electron chi connectivity index (χ0n) is 14.0. The van der Waals surface area contributed by atoms with Crippen molar-refractivity contribution in [1.82, 2.24) is 4.98 Å². The van der Waals surface area contributed by atoms with E-state index >= 15 is 0 Å². The highest BCUT2D eigenvalue weighted by molar-refractivity contribution is 6.07. The van der Waals surface area contributed by atoms with Gasteiger partial charge in [-0.2, -0.15) is 0 Å². The molecule has 1 atom stereocenters. The average Bonchev–Trinajstić information content (AvgIpc) is 3.11. The summed E-state index contributed by atoms with van der Waals surface area (Å²) in [5.41, 5.74) is 8.29. The van der Waals surface area contributed by atoms with E-state index in [1.165, 1.54) is 6.07 Å². The minimum atomic E-state index is -0.356. The van der Waals surface area contributed by atoms with E-state index in [1.807, 2.05) is 6.92 Å². The van der Waals surface area contributed by atoms with Gasteiger partial charge in [-0.25, -0.2) is 4.39 Å². The maximum atomic E-state index is 14.1. The Balaban J connectivity index is 1.84. The number of hydrogen-bond acceptors (Lipinski definition) is 3. The molecule has 1 aromatic heterocycles. The van der Waals surface area contributed by atoms with Crippen LogP contribution in [0.3, 0.4) is 0 Å². The highest BCUT2D eigenvalue weighted by Gasteiger charge is 2.17. The fourth-order valence-corrected chi connectivity index (χ4v) is 2.76. The van der Waals surface area contributed by atoms with Crippen molar-refractivity contribution in [3.8, 4) is 5.75 Å². The quantitative estimate of drug-likeness (QED) is 0.543. The molecule has 4 nitrogen and oxygen atoms in total. The summed E-state index contributed by atoms with van der Waals surface area (Å²) in [6, 6.07) is 15.1. The Hall–Kier alpha value is -3.08. The predicted octanol–water partition coefficient (Wildman–Crippen LogP) is 4.13. The van der Waals surface area contributed by atoms with Crippen LogP contribution in [0.15, 0.2) is 54.6 Å². The number of methoxy groups -OCH3 is 1. The van der Waals surface area contributed by atoms with Crippen LogP contribution in [0.25, 0.3) is 0 Å². The molecule has 3 aromatic rings. The first-order valence-corrected chi connectivity index (χ1v) is 7.92. The van der Waals surface area contributed by atoms with Crippen LogP contribution in [0.4, 0.5) is 10.1 Å². The molecule has 0 radical (unpaired) electrons. The van der Waals surface area contributed by atoms with Gasteiger partial charge in [0.1, 0.15) is 11.6 Å². The van der Waals surface area contributed by atoms with Crippen molar-refractivity contribution < 1.29 is 13.9 Å². The molecule has 3 rings (SSSR count). The monoisotopic (exact) mass is 338 g/mol. The normalized spacial score (nSPS) is 12.0. The lowest BCUT2D eigenvalue weighted by molar-refractivity contribution is 0.103. The number of ketones is 1. The zero-order valence-corrected chi connectivity index (χ0v) is 14.0. The number of H-pyrrole nitrogens is 1. The molecule has 0 spiro atoms. The summed E-state index contributed by atoms with van der Waals surface area (Å²) in [5, 5.41) is 0. The number of nitrogens with two attached hydrogens (primary N) is 1. The minimum absolute atomic E-state index is 0.126. The summed E-state index contributed by atoms with van der Waals surface area (Å²) < 4.78 is 19.2. The Morgan fingerprint density at radius 1 is 1.12 bits per heavy atom. The first-order valence-electron chi connectivity index (χ1n) is 7.92. The Kier molecular flexibility index (Phi) is 4.57. The molecule has 2 aromatic carbocycles. The maximum absolute atomic E-state index is 14.1. The zero-order chi connectivity index (χ0) is 18.0. The number of benzene rings is 2. The van der Waals surface area contributed by atoms with Gasteiger partial charge in [0.05, 0.1) is 12.8 Å². The van der Waals surface area contributed by atoms with Gasteiger partial charge in [-0.3, -0.25) is 4.79 Å². The molecular weight excluding hydrogens is 319 g/mol. The third-order valence-electron chi connectivity index (χ3n) is 4.26. The number of rotatable bonds is 5. The van der Waals surface area contributed by atoms with Crippen LogP contribution in [0.5, 0.6) is 5.75 Å². The number of nitrogens with one attached hydrogen (secondary N) is 1. The summed E-state index contributed by atoms with van der Waals surface area (Å²) in [4.78, 5) is 15.7. The van der Waals surface area contributed by atoms with Crippen molar-refractivity contribution in [2.75, 3.05) is 12.8 Å². The molecule has 25 heavy (non-hydrogen) atoms. The maximum Gasteiger partial charge on any atom is 0.209 e. The standard InChI is InChI=1S/C20H19FN2O2/c1-12(16-8-5-14(22)11-17(16)21)18-9-10-19(23-18)20(24)13-3-6-15(25-2)7-4-13/h3-12,23H,22H2,1-2H3. The Labute approximate surface area is 145 Å². The molecule has 0 aliphatic rings. The van der Waals surface area contributed by atoms with E-state index in [-0.39, 0.29) is 17.5 Å². The molecule has 5 heteroatoms. The highest BCUT2D eigenvalue weighted by atomic mass is 19.1. The van der Waals surface area contributed by atoms with Crippen LogP contribution in [-0.4, -0.2) is 17.9 Å². The molecule has 0 amide bonds. The molecule has 1 unspecified atom stereocenters. The second kappa shape index (κ2) is 6.81. The molecular formula is C20H19FN2O2. The first-order chi connectivity index (χ1) is 12.0. The summed E-state index contributed by atoms with van der Waals surface area (Å²) >= 11 is 0. The van der Waals surface area contributed by atoms with Crippen LogP contribution in [0.1, 0.15) is 40.2 Å². The number of nitrogen functional groups attached to an aromatic ring is 1. The molecule has 0 aliphatic heterocycles. The fraction of sp³-hybridized carbons (Fsp3) is 0.150. The van der Waals surface area contributed by atoms with Crippen LogP contribution < -0.4 is 10.5 Å². The van der Waals surface area contributed by atoms with Gasteiger partial charge >= 0.3 is 0 Å². The van der Waals surface area contributed by atoms with Gasteiger partial charge in [0, 0.05) is 22.9 Å². The molecule has 0 saturated heterocycles. The van der Waals surface area contributed by atoms with E-state index in [0.717, 1.165) is 5.69 Å². The summed E-state index contributed by atoms with van der Waals surface area (Å²) in [5.74, 6) is -0.0156. The summed E-state index contributed by atoms with van der Waals surface area (Å²) in [7, 11) is 1.58. The number of anilines is 1. The van der Waals surface area contributed by atoms with Gasteiger partial charge < -0.3 is 15.5 Å². The topological polar surface area (TPSA) is 68.1 Å². The van der Waals surface area contributed by atoms with E-state index in [9.17, 15) is 9.18 Å². The number of carbonyl (C=O) groups is 1. The van der Waals surface area contributed by atoms with Crippen molar-refractivity contribution >= 4 is 11.5 Å². The van der Waals surface area contributed by atoms with Gasteiger partial charge in [0.2, 0.25) is 5.78 Å². The molecule has 0 bridgehead atoms. The van der Waals surface area contributed by atoms with E-state index in [0.29, 0.717) is 28.3 Å². The highest BCUT2D eigenvalue weighted by Crippen LogP contribution is 2.27. The Bertz CT molecular complexity index is 900. The molecule has 1 heterocycles. The number of hydrogen-bond donors (Lipinski definition) is 2. The lowest BCUT2D eigenvalue weighted by atomic mass is 9.97. The molecule has 0 fully saturated rings. The second-order valence-corrected chi connectivity index (χ2v) is 5.89. The molecule has 3 N–H and O–H groups in total. The summed E-state index contributed by atoms with van der Waals surface area (Å²) in [6.45, 7) is 1.88. The first kappa shape index (κ1) is 16.8. The van der Waals surface area contributed by atoms with E-state index in [4.69, 9.17) is 10.5 Å². The van der Waals surface area contributed by atoms with Gasteiger partial charge in [-0.15, -0.1) is 0 Å². The number of carbonyl (C=O) groups excluding carboxylic acids is 1. The van der Waals surface area contributed by atoms with Crippen molar-refractivity contribution in [3.05, 3.63) is 82.9 Å².